The highest BCUT2D eigenvalue weighted by molar-refractivity contribution is 5.95. The Morgan fingerprint density at radius 3 is 2.41 bits per heavy atom. The maximum absolute atomic E-state index is 12.9. The maximum Gasteiger partial charge on any atom is 0.251 e. The number of hydrogen-bond acceptors (Lipinski definition) is 4. The van der Waals surface area contributed by atoms with Crippen molar-refractivity contribution < 1.29 is 18.7 Å². The number of hydrogen-bond donors (Lipinski definition) is 3. The summed E-state index contributed by atoms with van der Waals surface area (Å²) in [6.07, 6.45) is 2.12. The molecule has 0 saturated carbocycles. The Kier molecular flexibility index (Phi) is 6.38. The van der Waals surface area contributed by atoms with E-state index in [0.29, 0.717) is 17.8 Å². The second-order valence-corrected chi connectivity index (χ2v) is 6.33. The third kappa shape index (κ3) is 5.79. The first-order valence-electron chi connectivity index (χ1n) is 8.89. The van der Waals surface area contributed by atoms with E-state index in [-0.39, 0.29) is 30.3 Å². The molecule has 1 aliphatic heterocycles. The summed E-state index contributed by atoms with van der Waals surface area (Å²) < 4.78 is 18.3. The molecule has 0 aromatic heterocycles. The number of carbonyl (C=O) groups is 2. The van der Waals surface area contributed by atoms with Crippen LogP contribution in [0.5, 0.6) is 0 Å². The van der Waals surface area contributed by atoms with E-state index >= 15 is 0 Å². The molecule has 6 nitrogen and oxygen atoms in total. The average molecular weight is 371 g/mol. The van der Waals surface area contributed by atoms with Crippen LogP contribution in [0.25, 0.3) is 0 Å². The van der Waals surface area contributed by atoms with Gasteiger partial charge in [0.1, 0.15) is 5.82 Å². The van der Waals surface area contributed by atoms with Crippen LogP contribution in [0.4, 0.5) is 15.8 Å². The zero-order valence-corrected chi connectivity index (χ0v) is 14.8. The summed E-state index contributed by atoms with van der Waals surface area (Å²) in [6, 6.07) is 12.4. The minimum atomic E-state index is -0.356. The van der Waals surface area contributed by atoms with E-state index in [1.807, 2.05) is 0 Å². The number of carbonyl (C=O) groups excluding carboxylic acids is 2. The van der Waals surface area contributed by atoms with Gasteiger partial charge in [-0.3, -0.25) is 9.59 Å². The van der Waals surface area contributed by atoms with Crippen LogP contribution in [0.1, 0.15) is 23.2 Å². The Bertz CT molecular complexity index is 772. The average Bonchev–Trinajstić information content (AvgIpc) is 3.20. The lowest BCUT2D eigenvalue weighted by molar-refractivity contribution is -0.114. The normalized spacial score (nSPS) is 16.0. The molecule has 0 aliphatic carbocycles. The summed E-state index contributed by atoms with van der Waals surface area (Å²) in [5, 5.41) is 8.52. The van der Waals surface area contributed by atoms with E-state index in [1.54, 1.807) is 24.3 Å². The molecule has 1 saturated heterocycles. The molecule has 1 atom stereocenters. The maximum atomic E-state index is 12.9. The number of anilines is 2. The smallest absolute Gasteiger partial charge is 0.251 e. The first-order valence-corrected chi connectivity index (χ1v) is 8.89. The zero-order chi connectivity index (χ0) is 19.1. The van der Waals surface area contributed by atoms with Crippen LogP contribution in [0.3, 0.4) is 0 Å². The fourth-order valence-corrected chi connectivity index (χ4v) is 2.77. The van der Waals surface area contributed by atoms with E-state index in [9.17, 15) is 14.0 Å². The SMILES string of the molecule is O=C(CNc1ccc(C(=O)NCC2CCCO2)cc1)Nc1ccc(F)cc1. The van der Waals surface area contributed by atoms with Gasteiger partial charge in [0, 0.05) is 30.1 Å². The van der Waals surface area contributed by atoms with Crippen molar-refractivity contribution in [3.8, 4) is 0 Å². The molecule has 3 N–H and O–H groups in total. The fourth-order valence-electron chi connectivity index (χ4n) is 2.77. The summed E-state index contributed by atoms with van der Waals surface area (Å²) in [4.78, 5) is 24.0. The summed E-state index contributed by atoms with van der Waals surface area (Å²) in [6.45, 7) is 1.33. The third-order valence-corrected chi connectivity index (χ3v) is 4.24. The Morgan fingerprint density at radius 2 is 1.74 bits per heavy atom. The van der Waals surface area contributed by atoms with Crippen molar-refractivity contribution in [2.24, 2.45) is 0 Å². The van der Waals surface area contributed by atoms with Gasteiger partial charge in [0.25, 0.3) is 5.91 Å². The Labute approximate surface area is 157 Å². The first kappa shape index (κ1) is 18.8. The summed E-state index contributed by atoms with van der Waals surface area (Å²) in [5.74, 6) is -0.753. The van der Waals surface area contributed by atoms with Gasteiger partial charge < -0.3 is 20.7 Å². The molecular formula is C20H22FN3O3. The van der Waals surface area contributed by atoms with E-state index in [1.165, 1.54) is 24.3 Å². The van der Waals surface area contributed by atoms with Gasteiger partial charge in [-0.15, -0.1) is 0 Å². The number of rotatable bonds is 7. The largest absolute Gasteiger partial charge is 0.376 e. The Morgan fingerprint density at radius 1 is 1.04 bits per heavy atom. The van der Waals surface area contributed by atoms with Gasteiger partial charge in [0.15, 0.2) is 0 Å². The Balaban J connectivity index is 1.43. The van der Waals surface area contributed by atoms with Crippen molar-refractivity contribution in [1.82, 2.24) is 5.32 Å². The van der Waals surface area contributed by atoms with Crippen molar-refractivity contribution in [2.75, 3.05) is 30.3 Å². The molecule has 7 heteroatoms. The monoisotopic (exact) mass is 371 g/mol. The minimum Gasteiger partial charge on any atom is -0.376 e. The highest BCUT2D eigenvalue weighted by Gasteiger charge is 2.16. The zero-order valence-electron chi connectivity index (χ0n) is 14.8. The van der Waals surface area contributed by atoms with Crippen molar-refractivity contribution in [2.45, 2.75) is 18.9 Å². The number of benzene rings is 2. The molecule has 2 aromatic rings. The van der Waals surface area contributed by atoms with Crippen LogP contribution in [-0.4, -0.2) is 37.6 Å². The lowest BCUT2D eigenvalue weighted by Gasteiger charge is -2.11. The predicted molar refractivity (Wildman–Crippen MR) is 101 cm³/mol. The van der Waals surface area contributed by atoms with Gasteiger partial charge in [-0.1, -0.05) is 0 Å². The van der Waals surface area contributed by atoms with Crippen LogP contribution in [0, 0.1) is 5.82 Å². The molecule has 0 radical (unpaired) electrons. The predicted octanol–water partition coefficient (Wildman–Crippen LogP) is 2.79. The van der Waals surface area contributed by atoms with Crippen molar-refractivity contribution in [3.63, 3.8) is 0 Å². The molecule has 2 aromatic carbocycles. The van der Waals surface area contributed by atoms with Gasteiger partial charge in [0.05, 0.1) is 12.6 Å². The van der Waals surface area contributed by atoms with Gasteiger partial charge in [-0.05, 0) is 61.4 Å². The van der Waals surface area contributed by atoms with Crippen LogP contribution in [0.15, 0.2) is 48.5 Å². The second-order valence-electron chi connectivity index (χ2n) is 6.33. The molecule has 1 heterocycles. The lowest BCUT2D eigenvalue weighted by atomic mass is 10.2. The van der Waals surface area contributed by atoms with E-state index < -0.39 is 0 Å². The number of ether oxygens (including phenoxy) is 1. The number of amides is 2. The molecular weight excluding hydrogens is 349 g/mol. The number of nitrogens with one attached hydrogen (secondary N) is 3. The van der Waals surface area contributed by atoms with E-state index in [4.69, 9.17) is 4.74 Å². The molecule has 0 bridgehead atoms. The van der Waals surface area contributed by atoms with Gasteiger partial charge in [0.2, 0.25) is 5.91 Å². The highest BCUT2D eigenvalue weighted by Crippen LogP contribution is 2.13. The van der Waals surface area contributed by atoms with Crippen molar-refractivity contribution >= 4 is 23.2 Å². The summed E-state index contributed by atoms with van der Waals surface area (Å²) in [5.41, 5.74) is 1.80. The molecule has 142 valence electrons. The van der Waals surface area contributed by atoms with Crippen LogP contribution in [-0.2, 0) is 9.53 Å². The highest BCUT2D eigenvalue weighted by atomic mass is 19.1. The van der Waals surface area contributed by atoms with Gasteiger partial charge in [-0.2, -0.15) is 0 Å². The molecule has 1 unspecified atom stereocenters. The quantitative estimate of drug-likeness (QED) is 0.699. The Hall–Kier alpha value is -2.93. The van der Waals surface area contributed by atoms with Gasteiger partial charge in [-0.25, -0.2) is 4.39 Å². The van der Waals surface area contributed by atoms with Crippen LogP contribution in [0.2, 0.25) is 0 Å². The number of halogens is 1. The van der Waals surface area contributed by atoms with Crippen molar-refractivity contribution in [1.29, 1.82) is 0 Å². The molecule has 1 aliphatic rings. The summed E-state index contributed by atoms with van der Waals surface area (Å²) >= 11 is 0. The second kappa shape index (κ2) is 9.14. The molecule has 1 fully saturated rings. The minimum absolute atomic E-state index is 0.0575. The molecule has 0 spiro atoms. The molecule has 27 heavy (non-hydrogen) atoms. The van der Waals surface area contributed by atoms with E-state index in [0.717, 1.165) is 25.1 Å². The first-order chi connectivity index (χ1) is 13.1. The topological polar surface area (TPSA) is 79.5 Å². The summed E-state index contributed by atoms with van der Waals surface area (Å²) in [7, 11) is 0. The van der Waals surface area contributed by atoms with Crippen LogP contribution >= 0.6 is 0 Å². The lowest BCUT2D eigenvalue weighted by Crippen LogP contribution is -2.31. The third-order valence-electron chi connectivity index (χ3n) is 4.24. The van der Waals surface area contributed by atoms with Gasteiger partial charge >= 0.3 is 0 Å². The van der Waals surface area contributed by atoms with E-state index in [2.05, 4.69) is 16.0 Å². The van der Waals surface area contributed by atoms with Crippen molar-refractivity contribution in [3.05, 3.63) is 59.9 Å². The van der Waals surface area contributed by atoms with Crippen LogP contribution < -0.4 is 16.0 Å². The standard InChI is InChI=1S/C20H22FN3O3/c21-15-5-9-17(10-6-15)24-19(25)13-22-16-7-3-14(4-8-16)20(26)23-12-18-2-1-11-27-18/h3-10,18,22H,1-2,11-13H2,(H,23,26)(H,24,25). The fraction of sp³-hybridized carbons (Fsp3) is 0.300. The molecule has 3 rings (SSSR count). The molecule has 2 amide bonds.